The smallest absolute Gasteiger partial charge is 0.315 e. The van der Waals surface area contributed by atoms with Crippen LogP contribution in [-0.2, 0) is 4.57 Å². The molecule has 3 rings (SSSR count). The lowest BCUT2D eigenvalue weighted by Gasteiger charge is -2.42. The molecule has 1 aliphatic rings. The Morgan fingerprint density at radius 2 is 1.71 bits per heavy atom. The van der Waals surface area contributed by atoms with Crippen molar-refractivity contribution in [2.24, 2.45) is 0 Å². The van der Waals surface area contributed by atoms with Gasteiger partial charge in [-0.3, -0.25) is 0 Å². The van der Waals surface area contributed by atoms with Gasteiger partial charge in [-0.1, -0.05) is 97.7 Å². The van der Waals surface area contributed by atoms with Crippen molar-refractivity contribution in [1.82, 2.24) is 0 Å². The van der Waals surface area contributed by atoms with Gasteiger partial charge in [-0.15, -0.1) is 0 Å². The highest BCUT2D eigenvalue weighted by Gasteiger charge is 2.53. The Labute approximate surface area is 190 Å². The van der Waals surface area contributed by atoms with Gasteiger partial charge in [0, 0.05) is 5.92 Å². The maximum absolute atomic E-state index is 12.9. The van der Waals surface area contributed by atoms with E-state index in [1.165, 1.54) is 47.9 Å². The lowest BCUT2D eigenvalue weighted by atomic mass is 9.66. The Balaban J connectivity index is 1.89. The fourth-order valence-electron chi connectivity index (χ4n) is 5.62. The van der Waals surface area contributed by atoms with E-state index in [0.717, 1.165) is 38.5 Å². The maximum atomic E-state index is 12.9. The monoisotopic (exact) mass is 438 g/mol. The molecule has 2 aromatic carbocycles. The summed E-state index contributed by atoms with van der Waals surface area (Å²) in [4.78, 5) is 12.9. The third-order valence-corrected chi connectivity index (χ3v) is 8.99. The zero-order valence-electron chi connectivity index (χ0n) is 19.6. The average Bonchev–Trinajstić information content (AvgIpc) is 2.78. The standard InChI is InChI=1S/C28H39O2P/c1-4-5-6-7-8-12-18-28(31(29)30)19-17-25(24-13-10-9-11-14-24)21-27(28)26-20-22(2)15-16-23(26)3/h9-11,13-16,20,25,27H,4-8,12,17-19,21H2,1-3H3. The van der Waals surface area contributed by atoms with E-state index in [2.05, 4.69) is 69.3 Å². The van der Waals surface area contributed by atoms with Crippen LogP contribution in [0, 0.1) is 13.8 Å². The van der Waals surface area contributed by atoms with Crippen molar-refractivity contribution in [3.05, 3.63) is 70.8 Å². The summed E-state index contributed by atoms with van der Waals surface area (Å²) >= 11 is 0. The number of unbranched alkanes of at least 4 members (excludes halogenated alkanes) is 5. The first-order valence-corrected chi connectivity index (χ1v) is 13.4. The van der Waals surface area contributed by atoms with E-state index >= 15 is 0 Å². The van der Waals surface area contributed by atoms with Crippen molar-refractivity contribution in [3.8, 4) is 0 Å². The van der Waals surface area contributed by atoms with Crippen LogP contribution in [0.2, 0.25) is 0 Å². The number of benzene rings is 2. The summed E-state index contributed by atoms with van der Waals surface area (Å²) in [6.07, 6.45) is 10.6. The Kier molecular flexibility index (Phi) is 8.87. The molecule has 4 unspecified atom stereocenters. The summed E-state index contributed by atoms with van der Waals surface area (Å²) in [6.45, 7) is 6.50. The lowest BCUT2D eigenvalue weighted by molar-refractivity contribution is -0.171. The van der Waals surface area contributed by atoms with Crippen molar-refractivity contribution in [2.45, 2.75) is 102 Å². The maximum Gasteiger partial charge on any atom is 0.315 e. The summed E-state index contributed by atoms with van der Waals surface area (Å²) in [7, 11) is -2.50. The first kappa shape index (κ1) is 24.1. The molecule has 0 aromatic heterocycles. The molecule has 1 saturated carbocycles. The van der Waals surface area contributed by atoms with Crippen molar-refractivity contribution >= 4 is 8.03 Å². The van der Waals surface area contributed by atoms with E-state index in [0.29, 0.717) is 5.92 Å². The second-order valence-corrected chi connectivity index (χ2v) is 11.1. The fourth-order valence-corrected chi connectivity index (χ4v) is 6.77. The van der Waals surface area contributed by atoms with Crippen molar-refractivity contribution in [1.29, 1.82) is 0 Å². The van der Waals surface area contributed by atoms with Crippen molar-refractivity contribution < 1.29 is 9.46 Å². The fraction of sp³-hybridized carbons (Fsp3) is 0.571. The molecule has 2 nitrogen and oxygen atoms in total. The summed E-state index contributed by atoms with van der Waals surface area (Å²) in [5, 5.41) is -0.607. The molecule has 0 saturated heterocycles. The molecule has 168 valence electrons. The number of aryl methyl sites for hydroxylation is 2. The first-order chi connectivity index (χ1) is 15.0. The van der Waals surface area contributed by atoms with Crippen LogP contribution in [0.15, 0.2) is 48.5 Å². The second kappa shape index (κ2) is 11.4. The molecule has 0 bridgehead atoms. The van der Waals surface area contributed by atoms with Gasteiger partial charge in [-0.05, 0) is 68.6 Å². The van der Waals surface area contributed by atoms with E-state index < -0.39 is 13.2 Å². The molecule has 3 heteroatoms. The Hall–Kier alpha value is -1.50. The van der Waals surface area contributed by atoms with Crippen LogP contribution in [0.1, 0.15) is 105 Å². The molecule has 1 fully saturated rings. The van der Waals surface area contributed by atoms with Crippen LogP contribution in [0.25, 0.3) is 0 Å². The molecule has 0 N–H and O–H groups in total. The molecule has 0 amide bonds. The molecule has 2 aromatic rings. The van der Waals surface area contributed by atoms with E-state index in [-0.39, 0.29) is 5.92 Å². The van der Waals surface area contributed by atoms with Crippen LogP contribution in [0.3, 0.4) is 0 Å². The molecule has 0 spiro atoms. The summed E-state index contributed by atoms with van der Waals surface area (Å²) < 4.78 is 12.9. The molecule has 1 aliphatic carbocycles. The van der Waals surface area contributed by atoms with E-state index in [4.69, 9.17) is 0 Å². The minimum absolute atomic E-state index is 0.0723. The van der Waals surface area contributed by atoms with Gasteiger partial charge in [-0.2, -0.15) is 0 Å². The van der Waals surface area contributed by atoms with E-state index in [9.17, 15) is 9.46 Å². The molecule has 31 heavy (non-hydrogen) atoms. The van der Waals surface area contributed by atoms with Crippen LogP contribution >= 0.6 is 8.03 Å². The van der Waals surface area contributed by atoms with Crippen LogP contribution < -0.4 is 4.89 Å². The minimum atomic E-state index is -2.50. The average molecular weight is 439 g/mol. The van der Waals surface area contributed by atoms with Gasteiger partial charge in [0.2, 0.25) is 0 Å². The third kappa shape index (κ3) is 5.85. The molecule has 0 aliphatic heterocycles. The van der Waals surface area contributed by atoms with Crippen molar-refractivity contribution in [3.63, 3.8) is 0 Å². The highest BCUT2D eigenvalue weighted by Crippen LogP contribution is 2.58. The van der Waals surface area contributed by atoms with Gasteiger partial charge >= 0.3 is 8.03 Å². The van der Waals surface area contributed by atoms with Gasteiger partial charge in [0.15, 0.2) is 5.16 Å². The number of hydrogen-bond donors (Lipinski definition) is 0. The molecule has 0 heterocycles. The van der Waals surface area contributed by atoms with Crippen LogP contribution in [0.5, 0.6) is 0 Å². The topological polar surface area (TPSA) is 40.1 Å². The highest BCUT2D eigenvalue weighted by molar-refractivity contribution is 7.38. The zero-order valence-corrected chi connectivity index (χ0v) is 20.5. The van der Waals surface area contributed by atoms with Gasteiger partial charge in [0.25, 0.3) is 0 Å². The first-order valence-electron chi connectivity index (χ1n) is 12.2. The minimum Gasteiger partial charge on any atom is -0.595 e. The van der Waals surface area contributed by atoms with Gasteiger partial charge in [0.05, 0.1) is 0 Å². The largest absolute Gasteiger partial charge is 0.595 e. The molecule has 0 radical (unpaired) electrons. The predicted octanol–water partition coefficient (Wildman–Crippen LogP) is 7.95. The second-order valence-electron chi connectivity index (χ2n) is 9.67. The SMILES string of the molecule is CCCCCCCCC1([P+](=O)[O-])CCC(c2ccccc2)CC1c1cc(C)ccc1C. The summed E-state index contributed by atoms with van der Waals surface area (Å²) in [5.74, 6) is 0.502. The quantitative estimate of drug-likeness (QED) is 0.279. The van der Waals surface area contributed by atoms with Crippen LogP contribution in [-0.4, -0.2) is 5.16 Å². The zero-order chi connectivity index (χ0) is 22.3. The van der Waals surface area contributed by atoms with Crippen molar-refractivity contribution in [2.75, 3.05) is 0 Å². The highest BCUT2D eigenvalue weighted by atomic mass is 31.1. The Morgan fingerprint density at radius 1 is 1.00 bits per heavy atom. The van der Waals surface area contributed by atoms with E-state index in [1.54, 1.807) is 0 Å². The summed E-state index contributed by atoms with van der Waals surface area (Å²) in [6, 6.07) is 17.3. The lowest BCUT2D eigenvalue weighted by Crippen LogP contribution is -2.40. The molecule has 4 atom stereocenters. The third-order valence-electron chi connectivity index (χ3n) is 7.50. The molecular weight excluding hydrogens is 399 g/mol. The number of rotatable bonds is 10. The van der Waals surface area contributed by atoms with Gasteiger partial charge in [0.1, 0.15) is 0 Å². The predicted molar refractivity (Wildman–Crippen MR) is 130 cm³/mol. The van der Waals surface area contributed by atoms with Gasteiger partial charge in [-0.25, -0.2) is 0 Å². The summed E-state index contributed by atoms with van der Waals surface area (Å²) in [5.41, 5.74) is 5.06. The van der Waals surface area contributed by atoms with Crippen LogP contribution in [0.4, 0.5) is 0 Å². The van der Waals surface area contributed by atoms with E-state index in [1.807, 2.05) is 0 Å². The van der Waals surface area contributed by atoms with Gasteiger partial charge < -0.3 is 4.89 Å². The number of hydrogen-bond acceptors (Lipinski definition) is 2. The molecular formula is C28H39O2P. The Bertz CT molecular complexity index is 847. The normalized spacial score (nSPS) is 24.2. The Morgan fingerprint density at radius 3 is 2.42 bits per heavy atom.